The lowest BCUT2D eigenvalue weighted by Gasteiger charge is -2.31. The van der Waals surface area contributed by atoms with Crippen molar-refractivity contribution in [2.75, 3.05) is 19.4 Å². The molecule has 1 saturated carbocycles. The summed E-state index contributed by atoms with van der Waals surface area (Å²) in [6.45, 7) is -0.121. The lowest BCUT2D eigenvalue weighted by molar-refractivity contribution is 0.113. The molecule has 0 aromatic rings. The summed E-state index contributed by atoms with van der Waals surface area (Å²) in [5.41, 5.74) is 0. The number of aliphatic hydroxyl groups is 2. The van der Waals surface area contributed by atoms with Gasteiger partial charge in [-0.15, -0.1) is 0 Å². The van der Waals surface area contributed by atoms with Crippen LogP contribution in [0, 0.1) is 0 Å². The lowest BCUT2D eigenvalue weighted by atomic mass is 9.95. The van der Waals surface area contributed by atoms with Gasteiger partial charge in [-0.1, -0.05) is 12.8 Å². The van der Waals surface area contributed by atoms with Crippen LogP contribution in [0.1, 0.15) is 25.7 Å². The Labute approximate surface area is 90.3 Å². The van der Waals surface area contributed by atoms with E-state index in [1.54, 1.807) is 11.8 Å². The molecule has 1 aliphatic rings. The molecule has 0 amide bonds. The smallest absolute Gasteiger partial charge is 0.0861 e. The normalized spacial score (nSPS) is 30.2. The van der Waals surface area contributed by atoms with Crippen LogP contribution < -0.4 is 5.32 Å². The third-order valence-electron chi connectivity index (χ3n) is 2.79. The quantitative estimate of drug-likeness (QED) is 0.634. The van der Waals surface area contributed by atoms with Gasteiger partial charge in [-0.3, -0.25) is 0 Å². The minimum atomic E-state index is -0.556. The van der Waals surface area contributed by atoms with Crippen LogP contribution in [0.2, 0.25) is 0 Å². The zero-order chi connectivity index (χ0) is 10.4. The predicted molar refractivity (Wildman–Crippen MR) is 60.7 cm³/mol. The number of nitrogens with one attached hydrogen (secondary N) is 1. The van der Waals surface area contributed by atoms with Crippen LogP contribution in [-0.2, 0) is 0 Å². The minimum absolute atomic E-state index is 0.121. The van der Waals surface area contributed by atoms with E-state index in [2.05, 4.69) is 5.32 Å². The molecule has 0 aromatic carbocycles. The van der Waals surface area contributed by atoms with Crippen LogP contribution in [0.25, 0.3) is 0 Å². The topological polar surface area (TPSA) is 52.5 Å². The van der Waals surface area contributed by atoms with Gasteiger partial charge in [0.15, 0.2) is 0 Å². The first-order valence-corrected chi connectivity index (χ1v) is 6.40. The van der Waals surface area contributed by atoms with Gasteiger partial charge in [0.25, 0.3) is 0 Å². The Kier molecular flexibility index (Phi) is 5.86. The first kappa shape index (κ1) is 12.3. The van der Waals surface area contributed by atoms with Gasteiger partial charge in [-0.25, -0.2) is 0 Å². The van der Waals surface area contributed by atoms with Gasteiger partial charge < -0.3 is 15.5 Å². The zero-order valence-corrected chi connectivity index (χ0v) is 9.59. The van der Waals surface area contributed by atoms with E-state index in [-0.39, 0.29) is 6.61 Å². The van der Waals surface area contributed by atoms with Crippen LogP contribution in [-0.4, -0.2) is 47.0 Å². The average molecular weight is 219 g/mol. The van der Waals surface area contributed by atoms with Gasteiger partial charge >= 0.3 is 0 Å². The van der Waals surface area contributed by atoms with E-state index >= 15 is 0 Å². The van der Waals surface area contributed by atoms with E-state index in [0.717, 1.165) is 0 Å². The standard InChI is InChI=1S/C10H21NO2S/c1-11-9-4-2-3-5-10(9)14-7-8(13)6-12/h8-13H,2-7H2,1H3. The molecule has 0 spiro atoms. The zero-order valence-electron chi connectivity index (χ0n) is 8.78. The van der Waals surface area contributed by atoms with Crippen LogP contribution in [0.15, 0.2) is 0 Å². The van der Waals surface area contributed by atoms with Crippen molar-refractivity contribution in [3.63, 3.8) is 0 Å². The maximum atomic E-state index is 9.26. The van der Waals surface area contributed by atoms with E-state index in [1.165, 1.54) is 25.7 Å². The van der Waals surface area contributed by atoms with Crippen LogP contribution in [0.4, 0.5) is 0 Å². The highest BCUT2D eigenvalue weighted by molar-refractivity contribution is 8.00. The summed E-state index contributed by atoms with van der Waals surface area (Å²) < 4.78 is 0. The molecule has 1 rings (SSSR count). The SMILES string of the molecule is CNC1CCCCC1SCC(O)CO. The molecule has 0 aromatic heterocycles. The monoisotopic (exact) mass is 219 g/mol. The first-order chi connectivity index (χ1) is 6.77. The van der Waals surface area contributed by atoms with E-state index in [1.807, 2.05) is 7.05 Å². The Morgan fingerprint density at radius 1 is 1.43 bits per heavy atom. The molecule has 0 aliphatic heterocycles. The second-order valence-corrected chi connectivity index (χ2v) is 5.16. The molecule has 3 atom stereocenters. The summed E-state index contributed by atoms with van der Waals surface area (Å²) in [6.07, 6.45) is 4.52. The van der Waals surface area contributed by atoms with Crippen molar-refractivity contribution in [3.8, 4) is 0 Å². The largest absolute Gasteiger partial charge is 0.394 e. The van der Waals surface area contributed by atoms with E-state index in [4.69, 9.17) is 5.11 Å². The summed E-state index contributed by atoms with van der Waals surface area (Å²) in [6, 6.07) is 0.583. The summed E-state index contributed by atoms with van der Waals surface area (Å²) in [5, 5.41) is 21.9. The van der Waals surface area contributed by atoms with Crippen molar-refractivity contribution in [3.05, 3.63) is 0 Å². The summed E-state index contributed by atoms with van der Waals surface area (Å²) in [4.78, 5) is 0. The van der Waals surface area contributed by atoms with Gasteiger partial charge in [0, 0.05) is 17.0 Å². The molecule has 1 aliphatic carbocycles. The minimum Gasteiger partial charge on any atom is -0.394 e. The predicted octanol–water partition coefficient (Wildman–Crippen LogP) is 0.603. The highest BCUT2D eigenvalue weighted by atomic mass is 32.2. The van der Waals surface area contributed by atoms with Crippen LogP contribution >= 0.6 is 11.8 Å². The van der Waals surface area contributed by atoms with Gasteiger partial charge in [0.2, 0.25) is 0 Å². The maximum Gasteiger partial charge on any atom is 0.0861 e. The number of thioether (sulfide) groups is 1. The molecule has 4 heteroatoms. The highest BCUT2D eigenvalue weighted by Crippen LogP contribution is 2.28. The maximum absolute atomic E-state index is 9.26. The molecule has 1 fully saturated rings. The summed E-state index contributed by atoms with van der Waals surface area (Å²) >= 11 is 1.79. The van der Waals surface area contributed by atoms with Crippen molar-refractivity contribution in [2.24, 2.45) is 0 Å². The Morgan fingerprint density at radius 2 is 2.14 bits per heavy atom. The molecule has 0 saturated heterocycles. The van der Waals surface area contributed by atoms with Crippen molar-refractivity contribution in [1.29, 1.82) is 0 Å². The van der Waals surface area contributed by atoms with Crippen LogP contribution in [0.5, 0.6) is 0 Å². The van der Waals surface area contributed by atoms with Gasteiger partial charge in [0.05, 0.1) is 12.7 Å². The Morgan fingerprint density at radius 3 is 2.79 bits per heavy atom. The molecule has 0 radical (unpaired) electrons. The fourth-order valence-corrected chi connectivity index (χ4v) is 3.33. The highest BCUT2D eigenvalue weighted by Gasteiger charge is 2.24. The van der Waals surface area contributed by atoms with E-state index in [0.29, 0.717) is 17.0 Å². The Hall–Kier alpha value is 0.230. The molecule has 84 valence electrons. The van der Waals surface area contributed by atoms with Crippen molar-refractivity contribution < 1.29 is 10.2 Å². The van der Waals surface area contributed by atoms with Crippen LogP contribution in [0.3, 0.4) is 0 Å². The van der Waals surface area contributed by atoms with E-state index < -0.39 is 6.10 Å². The molecule has 3 N–H and O–H groups in total. The average Bonchev–Trinajstić information content (AvgIpc) is 2.26. The van der Waals surface area contributed by atoms with Crippen molar-refractivity contribution >= 4 is 11.8 Å². The summed E-state index contributed by atoms with van der Waals surface area (Å²) in [7, 11) is 2.01. The second-order valence-electron chi connectivity index (χ2n) is 3.89. The van der Waals surface area contributed by atoms with Gasteiger partial charge in [-0.05, 0) is 19.9 Å². The lowest BCUT2D eigenvalue weighted by Crippen LogP contribution is -2.39. The van der Waals surface area contributed by atoms with Gasteiger partial charge in [-0.2, -0.15) is 11.8 Å². The molecule has 3 unspecified atom stereocenters. The summed E-state index contributed by atoms with van der Waals surface area (Å²) in [5.74, 6) is 0.652. The fraction of sp³-hybridized carbons (Fsp3) is 1.00. The molecule has 0 bridgehead atoms. The van der Waals surface area contributed by atoms with Gasteiger partial charge in [0.1, 0.15) is 0 Å². The molecule has 14 heavy (non-hydrogen) atoms. The second kappa shape index (κ2) is 6.67. The third-order valence-corrected chi connectivity index (χ3v) is 4.36. The van der Waals surface area contributed by atoms with Crippen molar-refractivity contribution in [2.45, 2.75) is 43.1 Å². The Balaban J connectivity index is 2.26. The Bertz CT molecular complexity index is 157. The molecular formula is C10H21NO2S. The third kappa shape index (κ3) is 3.77. The number of hydrogen-bond donors (Lipinski definition) is 3. The number of rotatable bonds is 5. The molecular weight excluding hydrogens is 198 g/mol. The number of hydrogen-bond acceptors (Lipinski definition) is 4. The fourth-order valence-electron chi connectivity index (χ4n) is 1.91. The molecule has 0 heterocycles. The first-order valence-electron chi connectivity index (χ1n) is 5.35. The molecule has 3 nitrogen and oxygen atoms in total. The van der Waals surface area contributed by atoms with Crippen molar-refractivity contribution in [1.82, 2.24) is 5.32 Å². The number of aliphatic hydroxyl groups excluding tert-OH is 2. The van der Waals surface area contributed by atoms with E-state index in [9.17, 15) is 5.11 Å².